The maximum absolute atomic E-state index is 11.2. The fourth-order valence-electron chi connectivity index (χ4n) is 1.41. The van der Waals surface area contributed by atoms with Gasteiger partial charge in [-0.2, -0.15) is 0 Å². The van der Waals surface area contributed by atoms with Crippen molar-refractivity contribution >= 4 is 5.97 Å². The molecule has 0 aromatic rings. The second-order valence-corrected chi connectivity index (χ2v) is 3.70. The van der Waals surface area contributed by atoms with Crippen LogP contribution in [0.3, 0.4) is 0 Å². The van der Waals surface area contributed by atoms with Crippen molar-refractivity contribution in [3.63, 3.8) is 0 Å². The number of ether oxygens (including phenoxy) is 1. The first kappa shape index (κ1) is 11.0. The van der Waals surface area contributed by atoms with E-state index in [1.807, 2.05) is 19.9 Å². The Labute approximate surface area is 85.6 Å². The molecule has 0 bridgehead atoms. The van der Waals surface area contributed by atoms with Crippen LogP contribution in [0.4, 0.5) is 0 Å². The predicted molar refractivity (Wildman–Crippen MR) is 56.7 cm³/mol. The Hall–Kier alpha value is -1.05. The molecule has 0 unspecified atom stereocenters. The van der Waals surface area contributed by atoms with Gasteiger partial charge in [0.15, 0.2) is 0 Å². The second kappa shape index (κ2) is 4.99. The van der Waals surface area contributed by atoms with Crippen LogP contribution in [-0.4, -0.2) is 5.97 Å². The lowest BCUT2D eigenvalue weighted by Crippen LogP contribution is -1.94. The van der Waals surface area contributed by atoms with Crippen molar-refractivity contribution in [2.45, 2.75) is 46.5 Å². The highest BCUT2D eigenvalue weighted by atomic mass is 16.5. The van der Waals surface area contributed by atoms with Crippen LogP contribution >= 0.6 is 0 Å². The Balaban J connectivity index is 2.51. The van der Waals surface area contributed by atoms with Crippen LogP contribution in [0.25, 0.3) is 0 Å². The third-order valence-corrected chi connectivity index (χ3v) is 2.58. The zero-order valence-electron chi connectivity index (χ0n) is 9.22. The molecule has 0 atom stereocenters. The Kier molecular flexibility index (Phi) is 3.93. The third-order valence-electron chi connectivity index (χ3n) is 2.58. The summed E-state index contributed by atoms with van der Waals surface area (Å²) in [6.45, 7) is 5.93. The molecule has 0 amide bonds. The molecule has 0 aliphatic carbocycles. The first-order chi connectivity index (χ1) is 6.66. The molecule has 78 valence electrons. The Morgan fingerprint density at radius 2 is 1.93 bits per heavy atom. The molecule has 0 radical (unpaired) electrons. The molecular formula is C12H18O2. The normalized spacial score (nSPS) is 19.4. The molecule has 1 heterocycles. The summed E-state index contributed by atoms with van der Waals surface area (Å²) in [5, 5.41) is 0. The summed E-state index contributed by atoms with van der Waals surface area (Å²) in [6.07, 6.45) is 6.65. The molecule has 0 N–H and O–H groups in total. The van der Waals surface area contributed by atoms with Crippen molar-refractivity contribution in [2.24, 2.45) is 0 Å². The van der Waals surface area contributed by atoms with Crippen LogP contribution in [-0.2, 0) is 9.53 Å². The van der Waals surface area contributed by atoms with Crippen LogP contribution in [0.5, 0.6) is 0 Å². The standard InChI is InChI=1S/C12H18O2/c1-4-5-6-7-8-11-9(2)10(3)12(13)14-11/h8H,4-7H2,1-3H3/b11-8-. The fourth-order valence-corrected chi connectivity index (χ4v) is 1.41. The van der Waals surface area contributed by atoms with Crippen LogP contribution in [0.15, 0.2) is 23.0 Å². The van der Waals surface area contributed by atoms with Crippen molar-refractivity contribution in [3.05, 3.63) is 23.0 Å². The average molecular weight is 194 g/mol. The molecule has 0 fully saturated rings. The molecule has 0 aromatic heterocycles. The maximum atomic E-state index is 11.2. The zero-order valence-corrected chi connectivity index (χ0v) is 9.22. The number of esters is 1. The summed E-state index contributed by atoms with van der Waals surface area (Å²) in [7, 11) is 0. The lowest BCUT2D eigenvalue weighted by Gasteiger charge is -1.98. The van der Waals surface area contributed by atoms with E-state index in [1.165, 1.54) is 19.3 Å². The predicted octanol–water partition coefficient (Wildman–Crippen LogP) is 3.34. The molecule has 2 nitrogen and oxygen atoms in total. The SMILES string of the molecule is CCCCC/C=C1\OC(=O)C(C)=C1C. The van der Waals surface area contributed by atoms with Crippen molar-refractivity contribution in [1.29, 1.82) is 0 Å². The van der Waals surface area contributed by atoms with Gasteiger partial charge in [-0.05, 0) is 32.8 Å². The van der Waals surface area contributed by atoms with Crippen molar-refractivity contribution in [1.82, 2.24) is 0 Å². The molecule has 1 aliphatic heterocycles. The van der Waals surface area contributed by atoms with Gasteiger partial charge in [-0.3, -0.25) is 0 Å². The van der Waals surface area contributed by atoms with E-state index in [0.717, 1.165) is 23.3 Å². The minimum absolute atomic E-state index is 0.191. The van der Waals surface area contributed by atoms with Gasteiger partial charge in [0.25, 0.3) is 0 Å². The number of hydrogen-bond donors (Lipinski definition) is 0. The first-order valence-electron chi connectivity index (χ1n) is 5.27. The highest BCUT2D eigenvalue weighted by Gasteiger charge is 2.22. The van der Waals surface area contributed by atoms with Gasteiger partial charge >= 0.3 is 5.97 Å². The number of rotatable bonds is 4. The van der Waals surface area contributed by atoms with E-state index in [2.05, 4.69) is 6.92 Å². The molecule has 0 saturated carbocycles. The number of carbonyl (C=O) groups is 1. The van der Waals surface area contributed by atoms with Gasteiger partial charge in [0.2, 0.25) is 0 Å². The molecule has 1 rings (SSSR count). The molecule has 2 heteroatoms. The number of hydrogen-bond acceptors (Lipinski definition) is 2. The van der Waals surface area contributed by atoms with Gasteiger partial charge in [0.05, 0.1) is 0 Å². The van der Waals surface area contributed by atoms with E-state index in [-0.39, 0.29) is 5.97 Å². The van der Waals surface area contributed by atoms with Gasteiger partial charge < -0.3 is 4.74 Å². The van der Waals surface area contributed by atoms with E-state index >= 15 is 0 Å². The van der Waals surface area contributed by atoms with E-state index in [4.69, 9.17) is 4.74 Å². The maximum Gasteiger partial charge on any atom is 0.339 e. The molecule has 1 aliphatic rings. The highest BCUT2D eigenvalue weighted by molar-refractivity contribution is 5.93. The van der Waals surface area contributed by atoms with Crippen molar-refractivity contribution < 1.29 is 9.53 Å². The summed E-state index contributed by atoms with van der Waals surface area (Å²) in [5.41, 5.74) is 1.73. The molecule has 0 spiro atoms. The average Bonchev–Trinajstić information content (AvgIpc) is 2.41. The number of carbonyl (C=O) groups excluding carboxylic acids is 1. The second-order valence-electron chi connectivity index (χ2n) is 3.70. The highest BCUT2D eigenvalue weighted by Crippen LogP contribution is 2.25. The Morgan fingerprint density at radius 3 is 2.43 bits per heavy atom. The van der Waals surface area contributed by atoms with E-state index in [0.29, 0.717) is 0 Å². The van der Waals surface area contributed by atoms with Gasteiger partial charge in [-0.15, -0.1) is 0 Å². The van der Waals surface area contributed by atoms with Gasteiger partial charge in [0.1, 0.15) is 5.76 Å². The topological polar surface area (TPSA) is 26.3 Å². The quantitative estimate of drug-likeness (QED) is 0.506. The van der Waals surface area contributed by atoms with Crippen LogP contribution in [0.2, 0.25) is 0 Å². The summed E-state index contributed by atoms with van der Waals surface area (Å²) in [6, 6.07) is 0. The number of cyclic esters (lactones) is 1. The van der Waals surface area contributed by atoms with Crippen molar-refractivity contribution in [2.75, 3.05) is 0 Å². The number of unbranched alkanes of at least 4 members (excludes halogenated alkanes) is 3. The number of allylic oxidation sites excluding steroid dienone is 2. The summed E-state index contributed by atoms with van der Waals surface area (Å²) < 4.78 is 5.11. The van der Waals surface area contributed by atoms with E-state index in [1.54, 1.807) is 0 Å². The van der Waals surface area contributed by atoms with Crippen LogP contribution in [0, 0.1) is 0 Å². The zero-order chi connectivity index (χ0) is 10.6. The van der Waals surface area contributed by atoms with Crippen molar-refractivity contribution in [3.8, 4) is 0 Å². The third kappa shape index (κ3) is 2.47. The van der Waals surface area contributed by atoms with Gasteiger partial charge in [0, 0.05) is 11.1 Å². The van der Waals surface area contributed by atoms with Gasteiger partial charge in [-0.1, -0.05) is 19.8 Å². The molecule has 0 aromatic carbocycles. The lowest BCUT2D eigenvalue weighted by molar-refractivity contribution is -0.133. The fraction of sp³-hybridized carbons (Fsp3) is 0.583. The minimum atomic E-state index is -0.191. The van der Waals surface area contributed by atoms with Gasteiger partial charge in [-0.25, -0.2) is 4.79 Å². The Bertz CT molecular complexity index is 285. The molecule has 14 heavy (non-hydrogen) atoms. The first-order valence-corrected chi connectivity index (χ1v) is 5.27. The molecule has 0 saturated heterocycles. The van der Waals surface area contributed by atoms with Crippen LogP contribution in [0.1, 0.15) is 46.5 Å². The summed E-state index contributed by atoms with van der Waals surface area (Å²) >= 11 is 0. The lowest BCUT2D eigenvalue weighted by atomic mass is 10.1. The van der Waals surface area contributed by atoms with E-state index < -0.39 is 0 Å². The smallest absolute Gasteiger partial charge is 0.339 e. The largest absolute Gasteiger partial charge is 0.423 e. The summed E-state index contributed by atoms with van der Waals surface area (Å²) in [5.74, 6) is 0.577. The monoisotopic (exact) mass is 194 g/mol. The molecular weight excluding hydrogens is 176 g/mol. The summed E-state index contributed by atoms with van der Waals surface area (Å²) in [4.78, 5) is 11.2. The van der Waals surface area contributed by atoms with E-state index in [9.17, 15) is 4.79 Å². The van der Waals surface area contributed by atoms with Crippen LogP contribution < -0.4 is 0 Å². The Morgan fingerprint density at radius 1 is 1.21 bits per heavy atom. The minimum Gasteiger partial charge on any atom is -0.423 e.